The van der Waals surface area contributed by atoms with E-state index in [1.54, 1.807) is 36.9 Å². The molecule has 0 spiro atoms. The molecular weight excluding hydrogens is 380 g/mol. The fourth-order valence-corrected chi connectivity index (χ4v) is 2.06. The summed E-state index contributed by atoms with van der Waals surface area (Å²) >= 11 is 0. The molecular formula is C20H20N2O7. The Balaban J connectivity index is 0.000000289. The average Bonchev–Trinajstić information content (AvgIpc) is 2.73. The van der Waals surface area contributed by atoms with Gasteiger partial charge in [0.25, 0.3) is 0 Å². The first-order chi connectivity index (χ1) is 13.6. The van der Waals surface area contributed by atoms with Crippen LogP contribution in [0.15, 0.2) is 73.3 Å². The molecule has 0 unspecified atom stereocenters. The Morgan fingerprint density at radius 2 is 1.03 bits per heavy atom. The maximum Gasteiger partial charge on any atom is 0.341 e. The van der Waals surface area contributed by atoms with E-state index in [0.717, 1.165) is 0 Å². The molecule has 3 rings (SSSR count). The van der Waals surface area contributed by atoms with Crippen molar-refractivity contribution < 1.29 is 34.8 Å². The predicted octanol–water partition coefficient (Wildman–Crippen LogP) is 1.93. The molecule has 2 heterocycles. The van der Waals surface area contributed by atoms with Gasteiger partial charge in [-0.1, -0.05) is 12.1 Å². The Morgan fingerprint density at radius 3 is 1.34 bits per heavy atom. The van der Waals surface area contributed by atoms with Crippen molar-refractivity contribution in [2.24, 2.45) is 0 Å². The number of rotatable bonds is 7. The fraction of sp³-hybridized carbons (Fsp3) is 0.100. The molecule has 9 nitrogen and oxygen atoms in total. The summed E-state index contributed by atoms with van der Waals surface area (Å²) < 4.78 is 9.83. The summed E-state index contributed by atoms with van der Waals surface area (Å²) in [4.78, 5) is 28.5. The SMILES string of the molecule is O.O=C(O)COc1ccccc1OCC(=O)O.c1cc(-c2ccncc2)ccn1. The molecule has 0 atom stereocenters. The van der Waals surface area contributed by atoms with E-state index in [2.05, 4.69) is 9.97 Å². The van der Waals surface area contributed by atoms with E-state index in [0.29, 0.717) is 0 Å². The number of pyridine rings is 2. The first-order valence-corrected chi connectivity index (χ1v) is 8.15. The Labute approximate surface area is 166 Å². The van der Waals surface area contributed by atoms with Gasteiger partial charge >= 0.3 is 11.9 Å². The number of hydrogen-bond donors (Lipinski definition) is 2. The van der Waals surface area contributed by atoms with Crippen molar-refractivity contribution in [2.75, 3.05) is 13.2 Å². The predicted molar refractivity (Wildman–Crippen MR) is 104 cm³/mol. The lowest BCUT2D eigenvalue weighted by molar-refractivity contribution is -0.140. The number of benzene rings is 1. The zero-order valence-electron chi connectivity index (χ0n) is 15.3. The molecule has 3 aromatic rings. The molecule has 0 aliphatic heterocycles. The van der Waals surface area contributed by atoms with Gasteiger partial charge in [0, 0.05) is 24.8 Å². The lowest BCUT2D eigenvalue weighted by Crippen LogP contribution is -2.12. The minimum absolute atomic E-state index is 0. The van der Waals surface area contributed by atoms with Crippen LogP contribution in [0.3, 0.4) is 0 Å². The number of hydrogen-bond acceptors (Lipinski definition) is 6. The third-order valence-corrected chi connectivity index (χ3v) is 3.25. The summed E-state index contributed by atoms with van der Waals surface area (Å²) in [5.41, 5.74) is 2.35. The van der Waals surface area contributed by atoms with Crippen molar-refractivity contribution in [1.29, 1.82) is 0 Å². The van der Waals surface area contributed by atoms with Crippen molar-refractivity contribution in [3.63, 3.8) is 0 Å². The van der Waals surface area contributed by atoms with Gasteiger partial charge in [-0.05, 0) is 47.5 Å². The van der Waals surface area contributed by atoms with Gasteiger partial charge in [-0.25, -0.2) is 9.59 Å². The molecule has 152 valence electrons. The fourth-order valence-electron chi connectivity index (χ4n) is 2.06. The van der Waals surface area contributed by atoms with Crippen LogP contribution >= 0.6 is 0 Å². The third kappa shape index (κ3) is 8.50. The van der Waals surface area contributed by atoms with E-state index in [-0.39, 0.29) is 17.0 Å². The highest BCUT2D eigenvalue weighted by molar-refractivity contribution is 5.69. The van der Waals surface area contributed by atoms with Crippen LogP contribution in [0.4, 0.5) is 0 Å². The van der Waals surface area contributed by atoms with E-state index in [1.165, 1.54) is 23.3 Å². The van der Waals surface area contributed by atoms with Crippen LogP contribution in [0.1, 0.15) is 0 Å². The molecule has 4 N–H and O–H groups in total. The second-order valence-electron chi connectivity index (χ2n) is 5.28. The van der Waals surface area contributed by atoms with Gasteiger partial charge in [0.1, 0.15) is 0 Å². The molecule has 29 heavy (non-hydrogen) atoms. The lowest BCUT2D eigenvalue weighted by Gasteiger charge is -2.09. The van der Waals surface area contributed by atoms with Gasteiger partial charge in [-0.3, -0.25) is 9.97 Å². The minimum Gasteiger partial charge on any atom is -0.479 e. The first kappa shape index (κ1) is 23.1. The quantitative estimate of drug-likeness (QED) is 0.610. The normalized spacial score (nSPS) is 9.24. The van der Waals surface area contributed by atoms with Gasteiger partial charge in [0.2, 0.25) is 0 Å². The van der Waals surface area contributed by atoms with Gasteiger partial charge < -0.3 is 25.2 Å². The number of aliphatic carboxylic acids is 2. The molecule has 0 aliphatic carbocycles. The van der Waals surface area contributed by atoms with E-state index in [9.17, 15) is 9.59 Å². The molecule has 0 radical (unpaired) electrons. The molecule has 2 aromatic heterocycles. The number of ether oxygens (including phenoxy) is 2. The highest BCUT2D eigenvalue weighted by Gasteiger charge is 2.07. The number of para-hydroxylation sites is 2. The number of nitrogens with zero attached hydrogens (tertiary/aromatic N) is 2. The number of aromatic nitrogens is 2. The standard InChI is InChI=1S/C10H8N2.C10H10O6.H2O/c1-5-11-6-2-9(1)10-3-7-12-8-4-10;11-9(12)5-15-7-3-1-2-4-8(7)16-6-10(13)14;/h1-8H;1-4H,5-6H2,(H,11,12)(H,13,14);1H2. The van der Waals surface area contributed by atoms with E-state index >= 15 is 0 Å². The van der Waals surface area contributed by atoms with Gasteiger partial charge in [-0.15, -0.1) is 0 Å². The van der Waals surface area contributed by atoms with E-state index < -0.39 is 25.2 Å². The second-order valence-corrected chi connectivity index (χ2v) is 5.28. The molecule has 0 saturated carbocycles. The van der Waals surface area contributed by atoms with E-state index in [1.807, 2.05) is 24.3 Å². The average molecular weight is 400 g/mol. The highest BCUT2D eigenvalue weighted by Crippen LogP contribution is 2.26. The molecule has 9 heteroatoms. The zero-order chi connectivity index (χ0) is 20.2. The molecule has 0 amide bonds. The van der Waals surface area contributed by atoms with Crippen LogP contribution in [0, 0.1) is 0 Å². The Kier molecular flexibility index (Phi) is 9.87. The molecule has 1 aromatic carbocycles. The van der Waals surface area contributed by atoms with Crippen molar-refractivity contribution >= 4 is 11.9 Å². The zero-order valence-corrected chi connectivity index (χ0v) is 15.3. The first-order valence-electron chi connectivity index (χ1n) is 8.15. The van der Waals surface area contributed by atoms with Crippen molar-refractivity contribution in [1.82, 2.24) is 9.97 Å². The topological polar surface area (TPSA) is 150 Å². The highest BCUT2D eigenvalue weighted by atomic mass is 16.5. The summed E-state index contributed by atoms with van der Waals surface area (Å²) in [5.74, 6) is -1.83. The van der Waals surface area contributed by atoms with E-state index in [4.69, 9.17) is 19.7 Å². The lowest BCUT2D eigenvalue weighted by atomic mass is 10.1. The van der Waals surface area contributed by atoms with Crippen LogP contribution in [-0.4, -0.2) is 50.8 Å². The summed E-state index contributed by atoms with van der Waals surface area (Å²) in [6, 6.07) is 14.2. The second kappa shape index (κ2) is 12.4. The monoisotopic (exact) mass is 400 g/mol. The maximum absolute atomic E-state index is 10.3. The van der Waals surface area contributed by atoms with Crippen molar-refractivity contribution in [3.8, 4) is 22.6 Å². The van der Waals surface area contributed by atoms with Gasteiger partial charge in [-0.2, -0.15) is 0 Å². The Bertz CT molecular complexity index is 815. The molecule has 0 bridgehead atoms. The Morgan fingerprint density at radius 1 is 0.690 bits per heavy atom. The molecule has 0 aliphatic rings. The van der Waals surface area contributed by atoms with Crippen LogP contribution in [0.5, 0.6) is 11.5 Å². The minimum atomic E-state index is -1.12. The van der Waals surface area contributed by atoms with Crippen molar-refractivity contribution in [3.05, 3.63) is 73.3 Å². The van der Waals surface area contributed by atoms with Crippen LogP contribution in [0.2, 0.25) is 0 Å². The summed E-state index contributed by atoms with van der Waals surface area (Å²) in [6.07, 6.45) is 7.15. The van der Waals surface area contributed by atoms with Crippen molar-refractivity contribution in [2.45, 2.75) is 0 Å². The Hall–Kier alpha value is -3.98. The summed E-state index contributed by atoms with van der Waals surface area (Å²) in [6.45, 7) is -1.01. The summed E-state index contributed by atoms with van der Waals surface area (Å²) in [5, 5.41) is 16.8. The number of carboxylic acids is 2. The summed E-state index contributed by atoms with van der Waals surface area (Å²) in [7, 11) is 0. The van der Waals surface area contributed by atoms with Gasteiger partial charge in [0.15, 0.2) is 24.7 Å². The van der Waals surface area contributed by atoms with Crippen LogP contribution in [-0.2, 0) is 9.59 Å². The molecule has 0 fully saturated rings. The van der Waals surface area contributed by atoms with Crippen LogP contribution in [0.25, 0.3) is 11.1 Å². The largest absolute Gasteiger partial charge is 0.479 e. The molecule has 0 saturated heterocycles. The van der Waals surface area contributed by atoms with Crippen LogP contribution < -0.4 is 9.47 Å². The number of carboxylic acid groups (broad SMARTS) is 2. The maximum atomic E-state index is 10.3. The number of carbonyl (C=O) groups is 2. The smallest absolute Gasteiger partial charge is 0.341 e. The third-order valence-electron chi connectivity index (χ3n) is 3.25. The van der Waals surface area contributed by atoms with Gasteiger partial charge in [0.05, 0.1) is 0 Å².